The molecule has 0 unspecified atom stereocenters. The van der Waals surface area contributed by atoms with E-state index < -0.39 is 18.3 Å². The summed E-state index contributed by atoms with van der Waals surface area (Å²) in [4.78, 5) is 12.5. The van der Waals surface area contributed by atoms with E-state index in [4.69, 9.17) is 23.7 Å². The molecule has 34 heavy (non-hydrogen) atoms. The van der Waals surface area contributed by atoms with Crippen LogP contribution in [0.15, 0.2) is 24.3 Å². The maximum atomic E-state index is 12.5. The van der Waals surface area contributed by atoms with E-state index in [0.717, 1.165) is 0 Å². The first-order chi connectivity index (χ1) is 16.4. The standard InChI is InChI=1S/C25H28O9/c1-6-33-16-9-8-13(10-17(16)34-7-2)19-20-14(22(27)15(12-26)21(19)25(28)29)11-18(30-3)23(31-4)24(20)32-5/h8-11,26-27H,6-7,12H2,1-5H3,(H,28,29). The molecule has 0 aromatic heterocycles. The number of benzene rings is 3. The molecule has 0 aliphatic rings. The van der Waals surface area contributed by atoms with Crippen molar-refractivity contribution in [2.45, 2.75) is 20.5 Å². The van der Waals surface area contributed by atoms with Gasteiger partial charge in [0, 0.05) is 21.9 Å². The lowest BCUT2D eigenvalue weighted by Crippen LogP contribution is -2.08. The molecule has 0 saturated carbocycles. The Labute approximate surface area is 197 Å². The van der Waals surface area contributed by atoms with E-state index in [9.17, 15) is 20.1 Å². The Morgan fingerprint density at radius 1 is 0.882 bits per heavy atom. The van der Waals surface area contributed by atoms with Crippen LogP contribution in [0.25, 0.3) is 21.9 Å². The van der Waals surface area contributed by atoms with Gasteiger partial charge < -0.3 is 39.0 Å². The van der Waals surface area contributed by atoms with Crippen LogP contribution in [0.2, 0.25) is 0 Å². The summed E-state index contributed by atoms with van der Waals surface area (Å²) in [6, 6.07) is 6.53. The number of carbonyl (C=O) groups is 1. The van der Waals surface area contributed by atoms with Crippen LogP contribution in [0.3, 0.4) is 0 Å². The Kier molecular flexibility index (Phi) is 7.57. The first-order valence-electron chi connectivity index (χ1n) is 10.6. The number of phenols is 1. The average molecular weight is 472 g/mol. The zero-order chi connectivity index (χ0) is 25.0. The van der Waals surface area contributed by atoms with Gasteiger partial charge in [-0.3, -0.25) is 0 Å². The van der Waals surface area contributed by atoms with Crippen molar-refractivity contribution in [2.75, 3.05) is 34.5 Å². The summed E-state index contributed by atoms with van der Waals surface area (Å²) in [7, 11) is 4.26. The van der Waals surface area contributed by atoms with Gasteiger partial charge >= 0.3 is 5.97 Å². The first-order valence-corrected chi connectivity index (χ1v) is 10.6. The van der Waals surface area contributed by atoms with Crippen molar-refractivity contribution < 1.29 is 43.8 Å². The molecule has 0 fully saturated rings. The van der Waals surface area contributed by atoms with E-state index in [-0.39, 0.29) is 44.7 Å². The number of methoxy groups -OCH3 is 3. The van der Waals surface area contributed by atoms with Crippen LogP contribution < -0.4 is 23.7 Å². The molecule has 9 nitrogen and oxygen atoms in total. The fourth-order valence-electron chi connectivity index (χ4n) is 4.03. The third-order valence-corrected chi connectivity index (χ3v) is 5.38. The van der Waals surface area contributed by atoms with Crippen LogP contribution in [0, 0.1) is 0 Å². The molecule has 0 aliphatic heterocycles. The number of aromatic carboxylic acids is 1. The molecule has 0 spiro atoms. The molecule has 182 valence electrons. The van der Waals surface area contributed by atoms with Crippen molar-refractivity contribution in [3.63, 3.8) is 0 Å². The number of hydrogen-bond donors (Lipinski definition) is 3. The van der Waals surface area contributed by atoms with Crippen LogP contribution >= 0.6 is 0 Å². The minimum atomic E-state index is -1.33. The third-order valence-electron chi connectivity index (χ3n) is 5.38. The van der Waals surface area contributed by atoms with Crippen LogP contribution in [-0.2, 0) is 6.61 Å². The van der Waals surface area contributed by atoms with Crippen LogP contribution in [0.5, 0.6) is 34.5 Å². The Balaban J connectivity index is 2.59. The summed E-state index contributed by atoms with van der Waals surface area (Å²) in [5, 5.41) is 31.7. The topological polar surface area (TPSA) is 124 Å². The average Bonchev–Trinajstić information content (AvgIpc) is 2.83. The van der Waals surface area contributed by atoms with Crippen molar-refractivity contribution in [1.82, 2.24) is 0 Å². The molecule has 0 aliphatic carbocycles. The van der Waals surface area contributed by atoms with Crippen LogP contribution in [-0.4, -0.2) is 55.8 Å². The van der Waals surface area contributed by atoms with E-state index in [2.05, 4.69) is 0 Å². The highest BCUT2D eigenvalue weighted by Gasteiger charge is 2.30. The summed E-state index contributed by atoms with van der Waals surface area (Å²) in [6.07, 6.45) is 0. The Morgan fingerprint density at radius 3 is 2.06 bits per heavy atom. The second-order valence-electron chi connectivity index (χ2n) is 7.14. The molecule has 0 saturated heterocycles. The van der Waals surface area contributed by atoms with Gasteiger partial charge in [-0.1, -0.05) is 6.07 Å². The monoisotopic (exact) mass is 472 g/mol. The summed E-state index contributed by atoms with van der Waals surface area (Å²) in [6.45, 7) is 3.74. The van der Waals surface area contributed by atoms with Gasteiger partial charge in [-0.2, -0.15) is 0 Å². The Bertz CT molecular complexity index is 1220. The van der Waals surface area contributed by atoms with Gasteiger partial charge in [0.25, 0.3) is 0 Å². The van der Waals surface area contributed by atoms with Crippen molar-refractivity contribution in [3.8, 4) is 45.6 Å². The molecular weight excluding hydrogens is 444 g/mol. The molecular formula is C25H28O9. The molecule has 0 radical (unpaired) electrons. The van der Waals surface area contributed by atoms with E-state index in [0.29, 0.717) is 30.3 Å². The second kappa shape index (κ2) is 10.4. The molecule has 3 aromatic carbocycles. The fraction of sp³-hybridized carbons (Fsp3) is 0.320. The molecule has 3 aromatic rings. The third kappa shape index (κ3) is 4.10. The van der Waals surface area contributed by atoms with E-state index in [1.165, 1.54) is 27.4 Å². The van der Waals surface area contributed by atoms with Gasteiger partial charge in [-0.15, -0.1) is 0 Å². The van der Waals surface area contributed by atoms with Crippen molar-refractivity contribution in [2.24, 2.45) is 0 Å². The summed E-state index contributed by atoms with van der Waals surface area (Å²) >= 11 is 0. The minimum absolute atomic E-state index is 0.142. The number of rotatable bonds is 10. The largest absolute Gasteiger partial charge is 0.507 e. The lowest BCUT2D eigenvalue weighted by Gasteiger charge is -2.22. The number of ether oxygens (including phenoxy) is 5. The van der Waals surface area contributed by atoms with Crippen molar-refractivity contribution in [1.29, 1.82) is 0 Å². The van der Waals surface area contributed by atoms with Crippen LogP contribution in [0.1, 0.15) is 29.8 Å². The van der Waals surface area contributed by atoms with Gasteiger partial charge in [0.2, 0.25) is 5.75 Å². The lowest BCUT2D eigenvalue weighted by molar-refractivity contribution is 0.0693. The highest BCUT2D eigenvalue weighted by atomic mass is 16.5. The number of aliphatic hydroxyl groups excluding tert-OH is 1. The van der Waals surface area contributed by atoms with E-state index in [1.807, 2.05) is 13.8 Å². The number of carboxylic acids is 1. The number of fused-ring (bicyclic) bond motifs is 1. The normalized spacial score (nSPS) is 10.8. The fourth-order valence-corrected chi connectivity index (χ4v) is 4.03. The summed E-state index contributed by atoms with van der Waals surface area (Å²) < 4.78 is 27.9. The molecule has 3 N–H and O–H groups in total. The van der Waals surface area contributed by atoms with Crippen molar-refractivity contribution >= 4 is 16.7 Å². The van der Waals surface area contributed by atoms with Gasteiger partial charge in [-0.05, 0) is 37.6 Å². The van der Waals surface area contributed by atoms with E-state index in [1.54, 1.807) is 18.2 Å². The molecule has 0 amide bonds. The highest BCUT2D eigenvalue weighted by molar-refractivity contribution is 6.15. The smallest absolute Gasteiger partial charge is 0.336 e. The van der Waals surface area contributed by atoms with Gasteiger partial charge in [0.15, 0.2) is 23.0 Å². The molecule has 0 heterocycles. The quantitative estimate of drug-likeness (QED) is 0.398. The highest BCUT2D eigenvalue weighted by Crippen LogP contribution is 2.52. The van der Waals surface area contributed by atoms with Crippen LogP contribution in [0.4, 0.5) is 0 Å². The maximum Gasteiger partial charge on any atom is 0.336 e. The van der Waals surface area contributed by atoms with Gasteiger partial charge in [0.05, 0.1) is 46.7 Å². The van der Waals surface area contributed by atoms with Gasteiger partial charge in [0.1, 0.15) is 5.75 Å². The number of hydrogen-bond acceptors (Lipinski definition) is 8. The second-order valence-corrected chi connectivity index (χ2v) is 7.14. The first kappa shape index (κ1) is 24.8. The zero-order valence-corrected chi connectivity index (χ0v) is 19.7. The summed E-state index contributed by atoms with van der Waals surface area (Å²) in [5.74, 6) is -0.148. The predicted molar refractivity (Wildman–Crippen MR) is 126 cm³/mol. The maximum absolute atomic E-state index is 12.5. The number of aromatic hydroxyl groups is 1. The van der Waals surface area contributed by atoms with E-state index >= 15 is 0 Å². The molecule has 3 rings (SSSR count). The lowest BCUT2D eigenvalue weighted by atomic mass is 9.87. The number of carboxylic acid groups (broad SMARTS) is 1. The molecule has 0 bridgehead atoms. The summed E-state index contributed by atoms with van der Waals surface area (Å²) in [5.41, 5.74) is 0.251. The molecule has 0 atom stereocenters. The molecule has 9 heteroatoms. The predicted octanol–water partition coefficient (Wildman–Crippen LogP) is 4.23. The van der Waals surface area contributed by atoms with Gasteiger partial charge in [-0.25, -0.2) is 4.79 Å². The minimum Gasteiger partial charge on any atom is -0.507 e. The SMILES string of the molecule is CCOc1ccc(-c2c(C(=O)O)c(CO)c(O)c3cc(OC)c(OC)c(OC)c23)cc1OCC. The Morgan fingerprint density at radius 2 is 1.53 bits per heavy atom. The zero-order valence-electron chi connectivity index (χ0n) is 19.7. The number of aliphatic hydroxyl groups is 1. The Hall–Kier alpha value is -3.85. The van der Waals surface area contributed by atoms with Crippen molar-refractivity contribution in [3.05, 3.63) is 35.4 Å².